The van der Waals surface area contributed by atoms with E-state index < -0.39 is 5.97 Å². The second-order valence-corrected chi connectivity index (χ2v) is 5.34. The zero-order valence-electron chi connectivity index (χ0n) is 11.6. The van der Waals surface area contributed by atoms with Crippen molar-refractivity contribution < 1.29 is 9.53 Å². The number of aromatic nitrogens is 2. The summed E-state index contributed by atoms with van der Waals surface area (Å²) in [5, 5.41) is 0. The Morgan fingerprint density at radius 1 is 1.45 bits per heavy atom. The molecule has 1 aromatic carbocycles. The van der Waals surface area contributed by atoms with E-state index in [0.717, 1.165) is 21.5 Å². The molecule has 0 aliphatic carbocycles. The molecule has 20 heavy (non-hydrogen) atoms. The van der Waals surface area contributed by atoms with E-state index in [1.165, 1.54) is 7.11 Å². The minimum Gasteiger partial charge on any atom is -0.464 e. The highest BCUT2D eigenvalue weighted by Crippen LogP contribution is 2.25. The maximum Gasteiger partial charge on any atom is 0.360 e. The first-order valence-corrected chi connectivity index (χ1v) is 7.00. The van der Waals surface area contributed by atoms with Gasteiger partial charge in [-0.3, -0.25) is 4.57 Å². The number of nitrogens with two attached hydrogens (primary N) is 1. The van der Waals surface area contributed by atoms with Gasteiger partial charge in [0.1, 0.15) is 11.6 Å². The van der Waals surface area contributed by atoms with Crippen LogP contribution in [0, 0.1) is 6.92 Å². The predicted molar refractivity (Wildman–Crippen MR) is 81.1 cm³/mol. The minimum absolute atomic E-state index is 0.155. The van der Waals surface area contributed by atoms with Gasteiger partial charge in [0.25, 0.3) is 0 Å². The Hall–Kier alpha value is -1.82. The van der Waals surface area contributed by atoms with Crippen LogP contribution in [0.1, 0.15) is 28.8 Å². The van der Waals surface area contributed by atoms with Gasteiger partial charge in [0.15, 0.2) is 5.69 Å². The average Bonchev–Trinajstić information content (AvgIpc) is 2.73. The number of anilines is 1. The number of carbonyl (C=O) groups excluding carboxylic acids is 1. The summed E-state index contributed by atoms with van der Waals surface area (Å²) >= 11 is 3.46. The van der Waals surface area contributed by atoms with Gasteiger partial charge < -0.3 is 10.5 Å². The van der Waals surface area contributed by atoms with Gasteiger partial charge in [-0.05, 0) is 30.7 Å². The van der Waals surface area contributed by atoms with Crippen molar-refractivity contribution in [2.24, 2.45) is 0 Å². The number of aryl methyl sites for hydroxylation is 2. The fourth-order valence-corrected chi connectivity index (χ4v) is 2.70. The number of esters is 1. The van der Waals surface area contributed by atoms with Crippen molar-refractivity contribution in [3.63, 3.8) is 0 Å². The number of hydrogen-bond acceptors (Lipinski definition) is 4. The minimum atomic E-state index is -0.525. The number of ether oxygens (including phenoxy) is 1. The summed E-state index contributed by atoms with van der Waals surface area (Å²) in [7, 11) is 1.32. The van der Waals surface area contributed by atoms with Crippen LogP contribution >= 0.6 is 15.9 Å². The molecule has 2 rings (SSSR count). The van der Waals surface area contributed by atoms with Gasteiger partial charge in [-0.25, -0.2) is 9.78 Å². The number of imidazole rings is 1. The van der Waals surface area contributed by atoms with Crippen molar-refractivity contribution in [1.29, 1.82) is 0 Å². The average molecular weight is 338 g/mol. The fraction of sp³-hybridized carbons (Fsp3) is 0.286. The Morgan fingerprint density at radius 3 is 2.70 bits per heavy atom. The lowest BCUT2D eigenvalue weighted by molar-refractivity contribution is 0.0596. The maximum absolute atomic E-state index is 11.7. The van der Waals surface area contributed by atoms with Gasteiger partial charge in [-0.15, -0.1) is 0 Å². The van der Waals surface area contributed by atoms with Crippen LogP contribution in [0.25, 0.3) is 5.69 Å². The van der Waals surface area contributed by atoms with Crippen LogP contribution in [0.4, 0.5) is 5.82 Å². The third-order valence-electron chi connectivity index (χ3n) is 2.96. The number of nitrogens with zero attached hydrogens (tertiary/aromatic N) is 2. The fourth-order valence-electron chi connectivity index (χ4n) is 2.10. The molecule has 0 spiro atoms. The van der Waals surface area contributed by atoms with Gasteiger partial charge in [0, 0.05) is 10.9 Å². The summed E-state index contributed by atoms with van der Waals surface area (Å²) in [6.07, 6.45) is 0.659. The van der Waals surface area contributed by atoms with Crippen LogP contribution < -0.4 is 5.73 Å². The molecule has 0 unspecified atom stereocenters. The highest BCUT2D eigenvalue weighted by Gasteiger charge is 2.21. The van der Waals surface area contributed by atoms with Crippen molar-refractivity contribution in [2.45, 2.75) is 20.3 Å². The van der Waals surface area contributed by atoms with Gasteiger partial charge in [0.05, 0.1) is 12.8 Å². The van der Waals surface area contributed by atoms with Gasteiger partial charge in [0.2, 0.25) is 0 Å². The van der Waals surface area contributed by atoms with Crippen LogP contribution in [0.2, 0.25) is 0 Å². The van der Waals surface area contributed by atoms with Crippen LogP contribution in [0.3, 0.4) is 0 Å². The zero-order valence-corrected chi connectivity index (χ0v) is 13.2. The molecule has 0 atom stereocenters. The van der Waals surface area contributed by atoms with Crippen molar-refractivity contribution in [2.75, 3.05) is 12.8 Å². The number of carbonyl (C=O) groups is 1. The molecule has 0 aliphatic rings. The molecule has 0 fully saturated rings. The van der Waals surface area contributed by atoms with E-state index in [0.29, 0.717) is 12.2 Å². The molecular weight excluding hydrogens is 322 g/mol. The number of benzene rings is 1. The van der Waals surface area contributed by atoms with Gasteiger partial charge in [-0.1, -0.05) is 22.9 Å². The third-order valence-corrected chi connectivity index (χ3v) is 3.42. The van der Waals surface area contributed by atoms with E-state index in [9.17, 15) is 4.79 Å². The molecule has 0 saturated carbocycles. The van der Waals surface area contributed by atoms with Crippen molar-refractivity contribution >= 4 is 27.7 Å². The molecule has 0 bridgehead atoms. The molecule has 5 nitrogen and oxygen atoms in total. The van der Waals surface area contributed by atoms with Crippen LogP contribution in [0.5, 0.6) is 0 Å². The van der Waals surface area contributed by atoms with E-state index in [1.54, 1.807) is 4.57 Å². The summed E-state index contributed by atoms with van der Waals surface area (Å²) in [5.74, 6) is 0.495. The first kappa shape index (κ1) is 14.6. The van der Waals surface area contributed by atoms with E-state index in [4.69, 9.17) is 10.5 Å². The molecule has 0 radical (unpaired) electrons. The number of hydrogen-bond donors (Lipinski definition) is 1. The lowest BCUT2D eigenvalue weighted by Gasteiger charge is -2.10. The summed E-state index contributed by atoms with van der Waals surface area (Å²) in [6, 6.07) is 5.93. The Balaban J connectivity index is 2.66. The smallest absolute Gasteiger partial charge is 0.360 e. The predicted octanol–water partition coefficient (Wildman–Crippen LogP) is 2.87. The standard InChI is InChI=1S/C14H16BrN3O2/c1-4-11-17-12(14(19)20-3)13(16)18(11)10-6-8(2)5-9(15)7-10/h5-7H,4,16H2,1-3H3. The largest absolute Gasteiger partial charge is 0.464 e. The van der Waals surface area contributed by atoms with Crippen LogP contribution in [-0.2, 0) is 11.2 Å². The van der Waals surface area contributed by atoms with E-state index in [2.05, 4.69) is 20.9 Å². The number of halogens is 1. The van der Waals surface area contributed by atoms with E-state index in [-0.39, 0.29) is 5.69 Å². The SMILES string of the molecule is CCc1nc(C(=O)OC)c(N)n1-c1cc(C)cc(Br)c1. The highest BCUT2D eigenvalue weighted by molar-refractivity contribution is 9.10. The molecule has 0 aliphatic heterocycles. The van der Waals surface area contributed by atoms with Crippen molar-refractivity contribution in [3.8, 4) is 5.69 Å². The lowest BCUT2D eigenvalue weighted by atomic mass is 10.2. The molecule has 2 N–H and O–H groups in total. The van der Waals surface area contributed by atoms with E-state index >= 15 is 0 Å². The molecule has 106 valence electrons. The Kier molecular flexibility index (Phi) is 4.13. The zero-order chi connectivity index (χ0) is 14.9. The quantitative estimate of drug-likeness (QED) is 0.874. The van der Waals surface area contributed by atoms with Crippen molar-refractivity contribution in [3.05, 3.63) is 39.8 Å². The van der Waals surface area contributed by atoms with Gasteiger partial charge >= 0.3 is 5.97 Å². The highest BCUT2D eigenvalue weighted by atomic mass is 79.9. The first-order valence-electron chi connectivity index (χ1n) is 6.20. The molecule has 0 amide bonds. The second-order valence-electron chi connectivity index (χ2n) is 4.43. The Labute approximate surface area is 125 Å². The monoisotopic (exact) mass is 337 g/mol. The van der Waals surface area contributed by atoms with Crippen LogP contribution in [0.15, 0.2) is 22.7 Å². The number of nitrogen functional groups attached to an aromatic ring is 1. The molecule has 2 aromatic rings. The van der Waals surface area contributed by atoms with Crippen LogP contribution in [-0.4, -0.2) is 22.6 Å². The molecule has 1 aromatic heterocycles. The Morgan fingerprint density at radius 2 is 2.15 bits per heavy atom. The summed E-state index contributed by atoms with van der Waals surface area (Å²) in [4.78, 5) is 16.0. The molecule has 0 saturated heterocycles. The number of rotatable bonds is 3. The van der Waals surface area contributed by atoms with Crippen molar-refractivity contribution in [1.82, 2.24) is 9.55 Å². The third kappa shape index (κ3) is 2.56. The topological polar surface area (TPSA) is 70.1 Å². The maximum atomic E-state index is 11.7. The normalized spacial score (nSPS) is 10.6. The Bertz CT molecular complexity index is 644. The summed E-state index contributed by atoms with van der Waals surface area (Å²) < 4.78 is 7.44. The summed E-state index contributed by atoms with van der Waals surface area (Å²) in [5.41, 5.74) is 8.18. The van der Waals surface area contributed by atoms with E-state index in [1.807, 2.05) is 32.0 Å². The molecule has 6 heteroatoms. The second kappa shape index (κ2) is 5.66. The summed E-state index contributed by atoms with van der Waals surface area (Å²) in [6.45, 7) is 3.96. The lowest BCUT2D eigenvalue weighted by Crippen LogP contribution is -2.08. The molecule has 1 heterocycles. The van der Waals surface area contributed by atoms with Gasteiger partial charge in [-0.2, -0.15) is 0 Å². The molecular formula is C14H16BrN3O2. The first-order chi connectivity index (χ1) is 9.47. The number of methoxy groups -OCH3 is 1.